The van der Waals surface area contributed by atoms with E-state index in [9.17, 15) is 0 Å². The molecule has 1 aromatic heterocycles. The van der Waals surface area contributed by atoms with Crippen LogP contribution in [-0.4, -0.2) is 0 Å². The topological polar surface area (TPSA) is 12.0 Å². The molecule has 0 unspecified atom stereocenters. The fraction of sp³-hybridized carbons (Fsp3) is 0.167. The number of anilines is 1. The quantitative estimate of drug-likeness (QED) is 0.734. The van der Waals surface area contributed by atoms with E-state index in [1.807, 2.05) is 23.1 Å². The second-order valence-electron chi connectivity index (χ2n) is 3.59. The first-order valence-electron chi connectivity index (χ1n) is 4.92. The molecule has 0 saturated carbocycles. The number of fused-ring (bicyclic) bond motifs is 2. The van der Waals surface area contributed by atoms with Gasteiger partial charge >= 0.3 is 0 Å². The fourth-order valence-electron chi connectivity index (χ4n) is 1.76. The van der Waals surface area contributed by atoms with Crippen molar-refractivity contribution < 1.29 is 0 Å². The van der Waals surface area contributed by atoms with Crippen LogP contribution in [0.1, 0.15) is 10.4 Å². The van der Waals surface area contributed by atoms with Crippen molar-refractivity contribution in [3.8, 4) is 0 Å². The highest BCUT2D eigenvalue weighted by atomic mass is 32.2. The lowest BCUT2D eigenvalue weighted by Gasteiger charge is -2.05. The third-order valence-electron chi connectivity index (χ3n) is 2.63. The predicted octanol–water partition coefficient (Wildman–Crippen LogP) is 4.13. The molecule has 0 fully saturated rings. The molecule has 0 bridgehead atoms. The van der Waals surface area contributed by atoms with Crippen molar-refractivity contribution in [2.75, 3.05) is 5.32 Å². The van der Waals surface area contributed by atoms with Crippen LogP contribution < -0.4 is 5.32 Å². The van der Waals surface area contributed by atoms with Crippen molar-refractivity contribution in [3.63, 3.8) is 0 Å². The zero-order valence-electron chi connectivity index (χ0n) is 8.41. The van der Waals surface area contributed by atoms with E-state index in [-0.39, 0.29) is 0 Å². The minimum Gasteiger partial charge on any atom is -0.380 e. The zero-order valence-corrected chi connectivity index (χ0v) is 10.0. The molecule has 1 aliphatic rings. The lowest BCUT2D eigenvalue weighted by atomic mass is 10.2. The van der Waals surface area contributed by atoms with Crippen molar-refractivity contribution in [1.82, 2.24) is 0 Å². The molecule has 1 aliphatic heterocycles. The monoisotopic (exact) mass is 233 g/mol. The maximum atomic E-state index is 3.49. The molecule has 2 aromatic rings. The normalized spacial score (nSPS) is 13.7. The summed E-state index contributed by atoms with van der Waals surface area (Å²) in [7, 11) is 0. The van der Waals surface area contributed by atoms with E-state index in [1.54, 1.807) is 0 Å². The molecule has 0 spiro atoms. The molecule has 2 heterocycles. The largest absolute Gasteiger partial charge is 0.380 e. The zero-order chi connectivity index (χ0) is 10.3. The number of hydrogen-bond donors (Lipinski definition) is 1. The minimum absolute atomic E-state index is 0.953. The Morgan fingerprint density at radius 1 is 1.20 bits per heavy atom. The molecule has 3 rings (SSSR count). The standard InChI is InChI=1S/C12H11NS2/c1-8-9-6-13-10-4-2-3-5-11(10)15-12(9)7-14-8/h2-5,7,13H,6H2,1H3. The third kappa shape index (κ3) is 1.56. The maximum absolute atomic E-state index is 3.49. The second kappa shape index (κ2) is 3.58. The number of hydrogen-bond acceptors (Lipinski definition) is 3. The van der Waals surface area contributed by atoms with Crippen LogP contribution in [0.15, 0.2) is 39.4 Å². The first-order valence-corrected chi connectivity index (χ1v) is 6.62. The third-order valence-corrected chi connectivity index (χ3v) is 4.89. The van der Waals surface area contributed by atoms with Gasteiger partial charge in [0.15, 0.2) is 0 Å². The van der Waals surface area contributed by atoms with E-state index < -0.39 is 0 Å². The van der Waals surface area contributed by atoms with Gasteiger partial charge < -0.3 is 5.32 Å². The lowest BCUT2D eigenvalue weighted by molar-refractivity contribution is 1.10. The predicted molar refractivity (Wildman–Crippen MR) is 66.9 cm³/mol. The average Bonchev–Trinajstić information content (AvgIpc) is 2.51. The maximum Gasteiger partial charge on any atom is 0.0484 e. The van der Waals surface area contributed by atoms with Crippen LogP contribution in [-0.2, 0) is 6.54 Å². The van der Waals surface area contributed by atoms with Crippen LogP contribution in [0.5, 0.6) is 0 Å². The Kier molecular flexibility index (Phi) is 2.22. The summed E-state index contributed by atoms with van der Waals surface area (Å²) in [6.07, 6.45) is 0. The van der Waals surface area contributed by atoms with Gasteiger partial charge in [0.2, 0.25) is 0 Å². The molecule has 76 valence electrons. The Morgan fingerprint density at radius 3 is 3.00 bits per heavy atom. The van der Waals surface area contributed by atoms with Crippen LogP contribution in [0, 0.1) is 6.92 Å². The summed E-state index contributed by atoms with van der Waals surface area (Å²) in [4.78, 5) is 4.17. The summed E-state index contributed by atoms with van der Waals surface area (Å²) in [5.41, 5.74) is 2.71. The molecule has 0 radical (unpaired) electrons. The second-order valence-corrected chi connectivity index (χ2v) is 5.75. The van der Waals surface area contributed by atoms with E-state index in [2.05, 4.69) is 41.9 Å². The fourth-order valence-corrected chi connectivity index (χ4v) is 3.89. The summed E-state index contributed by atoms with van der Waals surface area (Å²) >= 11 is 3.72. The van der Waals surface area contributed by atoms with E-state index in [0.717, 1.165) is 6.54 Å². The van der Waals surface area contributed by atoms with Crippen LogP contribution in [0.3, 0.4) is 0 Å². The molecule has 1 nitrogen and oxygen atoms in total. The minimum atomic E-state index is 0.953. The van der Waals surface area contributed by atoms with Crippen LogP contribution in [0.2, 0.25) is 0 Å². The molecule has 0 amide bonds. The molecule has 0 saturated heterocycles. The average molecular weight is 233 g/mol. The summed E-state index contributed by atoms with van der Waals surface area (Å²) in [5.74, 6) is 0. The summed E-state index contributed by atoms with van der Waals surface area (Å²) in [5, 5.41) is 5.76. The van der Waals surface area contributed by atoms with Crippen LogP contribution in [0.4, 0.5) is 5.69 Å². The number of rotatable bonds is 0. The van der Waals surface area contributed by atoms with Gasteiger partial charge in [0, 0.05) is 32.3 Å². The molecular weight excluding hydrogens is 222 g/mol. The van der Waals surface area contributed by atoms with Crippen molar-refractivity contribution >= 4 is 28.8 Å². The van der Waals surface area contributed by atoms with Gasteiger partial charge in [-0.15, -0.1) is 11.3 Å². The molecule has 1 N–H and O–H groups in total. The first kappa shape index (κ1) is 9.31. The van der Waals surface area contributed by atoms with Gasteiger partial charge in [0.05, 0.1) is 0 Å². The summed E-state index contributed by atoms with van der Waals surface area (Å²) in [6, 6.07) is 8.50. The molecule has 0 atom stereocenters. The van der Waals surface area contributed by atoms with Crippen molar-refractivity contribution in [3.05, 3.63) is 40.1 Å². The molecule has 1 aromatic carbocycles. The number of benzene rings is 1. The summed E-state index contributed by atoms with van der Waals surface area (Å²) in [6.45, 7) is 3.15. The number of thiophene rings is 1. The van der Waals surface area contributed by atoms with Crippen molar-refractivity contribution in [2.24, 2.45) is 0 Å². The van der Waals surface area contributed by atoms with E-state index in [0.29, 0.717) is 0 Å². The number of para-hydroxylation sites is 1. The van der Waals surface area contributed by atoms with E-state index in [4.69, 9.17) is 0 Å². The van der Waals surface area contributed by atoms with Crippen LogP contribution >= 0.6 is 23.1 Å². The Balaban J connectivity index is 2.10. The SMILES string of the molecule is Cc1scc2c1CNc1ccccc1S2. The van der Waals surface area contributed by atoms with E-state index >= 15 is 0 Å². The smallest absolute Gasteiger partial charge is 0.0484 e. The van der Waals surface area contributed by atoms with E-state index in [1.165, 1.54) is 25.9 Å². The highest BCUT2D eigenvalue weighted by molar-refractivity contribution is 7.99. The van der Waals surface area contributed by atoms with Crippen molar-refractivity contribution in [1.29, 1.82) is 0 Å². The highest BCUT2D eigenvalue weighted by Gasteiger charge is 2.15. The Hall–Kier alpha value is -0.930. The number of nitrogens with one attached hydrogen (secondary N) is 1. The van der Waals surface area contributed by atoms with Gasteiger partial charge in [-0.1, -0.05) is 23.9 Å². The van der Waals surface area contributed by atoms with Gasteiger partial charge in [-0.05, 0) is 24.6 Å². The highest BCUT2D eigenvalue weighted by Crippen LogP contribution is 2.41. The molecule has 3 heteroatoms. The van der Waals surface area contributed by atoms with Gasteiger partial charge in [0.25, 0.3) is 0 Å². The van der Waals surface area contributed by atoms with Gasteiger partial charge in [-0.2, -0.15) is 0 Å². The van der Waals surface area contributed by atoms with Gasteiger partial charge in [-0.25, -0.2) is 0 Å². The first-order chi connectivity index (χ1) is 7.34. The van der Waals surface area contributed by atoms with Crippen LogP contribution in [0.25, 0.3) is 0 Å². The van der Waals surface area contributed by atoms with Crippen molar-refractivity contribution in [2.45, 2.75) is 23.3 Å². The Morgan fingerprint density at radius 2 is 2.07 bits per heavy atom. The summed E-state index contributed by atoms with van der Waals surface area (Å²) < 4.78 is 0. The Labute approximate surface area is 97.5 Å². The number of aryl methyl sites for hydroxylation is 1. The molecular formula is C12H11NS2. The lowest BCUT2D eigenvalue weighted by Crippen LogP contribution is -1.98. The Bertz CT molecular complexity index is 502. The molecule has 15 heavy (non-hydrogen) atoms. The van der Waals surface area contributed by atoms with Gasteiger partial charge in [0.1, 0.15) is 0 Å². The molecule has 0 aliphatic carbocycles. The van der Waals surface area contributed by atoms with Gasteiger partial charge in [-0.3, -0.25) is 0 Å².